The zero-order valence-electron chi connectivity index (χ0n) is 11.2. The Hall–Kier alpha value is -1.07. The Labute approximate surface area is 128 Å². The van der Waals surface area contributed by atoms with Crippen molar-refractivity contribution < 1.29 is 14.6 Å². The Morgan fingerprint density at radius 2 is 2.15 bits per heavy atom. The third kappa shape index (κ3) is 5.51. The fraction of sp³-hybridized carbons (Fsp3) is 0.357. The number of methoxy groups -OCH3 is 1. The number of halogens is 2. The summed E-state index contributed by atoms with van der Waals surface area (Å²) < 4.78 is 4.93. The van der Waals surface area contributed by atoms with Gasteiger partial charge in [0.15, 0.2) is 0 Å². The van der Waals surface area contributed by atoms with E-state index in [1.807, 2.05) is 0 Å². The number of amides is 1. The van der Waals surface area contributed by atoms with Gasteiger partial charge < -0.3 is 14.7 Å². The Kier molecular flexibility index (Phi) is 7.62. The van der Waals surface area contributed by atoms with Crippen molar-refractivity contribution in [3.8, 4) is 0 Å². The first-order valence-corrected chi connectivity index (χ1v) is 6.86. The summed E-state index contributed by atoms with van der Waals surface area (Å²) in [5.41, 5.74) is 0.670. The summed E-state index contributed by atoms with van der Waals surface area (Å²) in [6, 6.07) is 5.03. The van der Waals surface area contributed by atoms with Crippen LogP contribution in [-0.2, 0) is 9.53 Å². The van der Waals surface area contributed by atoms with Gasteiger partial charge in [-0.15, -0.1) is 0 Å². The molecule has 0 unspecified atom stereocenters. The van der Waals surface area contributed by atoms with Gasteiger partial charge in [0.2, 0.25) is 5.91 Å². The predicted octanol–water partition coefficient (Wildman–Crippen LogP) is 2.47. The number of nitrogens with zero attached hydrogens (tertiary/aromatic N) is 1. The van der Waals surface area contributed by atoms with E-state index in [-0.39, 0.29) is 19.1 Å². The van der Waals surface area contributed by atoms with E-state index < -0.39 is 0 Å². The average Bonchev–Trinajstić information content (AvgIpc) is 2.44. The molecule has 1 amide bonds. The second-order valence-electron chi connectivity index (χ2n) is 4.04. The van der Waals surface area contributed by atoms with Gasteiger partial charge in [-0.2, -0.15) is 0 Å². The highest BCUT2D eigenvalue weighted by atomic mass is 35.5. The highest BCUT2D eigenvalue weighted by Gasteiger charge is 2.09. The maximum atomic E-state index is 12.0. The van der Waals surface area contributed by atoms with Crippen LogP contribution in [0, 0.1) is 0 Å². The molecule has 0 aliphatic carbocycles. The second kappa shape index (κ2) is 8.97. The average molecular weight is 318 g/mol. The van der Waals surface area contributed by atoms with E-state index in [9.17, 15) is 4.79 Å². The lowest BCUT2D eigenvalue weighted by atomic mass is 10.2. The molecule has 1 rings (SSSR count). The van der Waals surface area contributed by atoms with Crippen LogP contribution in [0.2, 0.25) is 10.0 Å². The molecule has 1 N–H and O–H groups in total. The van der Waals surface area contributed by atoms with Gasteiger partial charge in [0.25, 0.3) is 0 Å². The molecule has 0 heterocycles. The number of aliphatic hydroxyl groups excluding tert-OH is 1. The van der Waals surface area contributed by atoms with E-state index in [4.69, 9.17) is 33.0 Å². The zero-order valence-corrected chi connectivity index (χ0v) is 12.7. The van der Waals surface area contributed by atoms with Gasteiger partial charge >= 0.3 is 0 Å². The molecule has 0 spiro atoms. The lowest BCUT2D eigenvalue weighted by Gasteiger charge is -2.19. The summed E-state index contributed by atoms with van der Waals surface area (Å²) in [4.78, 5) is 13.5. The number of aliphatic hydroxyl groups is 1. The third-order valence-electron chi connectivity index (χ3n) is 2.61. The van der Waals surface area contributed by atoms with Crippen LogP contribution in [0.1, 0.15) is 5.56 Å². The number of hydrogen-bond donors (Lipinski definition) is 1. The van der Waals surface area contributed by atoms with Crippen molar-refractivity contribution in [2.24, 2.45) is 0 Å². The van der Waals surface area contributed by atoms with Crippen LogP contribution in [0.3, 0.4) is 0 Å². The van der Waals surface area contributed by atoms with Gasteiger partial charge in [0.05, 0.1) is 13.2 Å². The molecule has 0 radical (unpaired) electrons. The van der Waals surface area contributed by atoms with Crippen LogP contribution in [0.15, 0.2) is 24.3 Å². The zero-order chi connectivity index (χ0) is 15.0. The van der Waals surface area contributed by atoms with Crippen molar-refractivity contribution in [2.75, 3.05) is 33.4 Å². The van der Waals surface area contributed by atoms with Gasteiger partial charge in [-0.3, -0.25) is 4.79 Å². The van der Waals surface area contributed by atoms with Crippen LogP contribution >= 0.6 is 23.2 Å². The number of hydrogen-bond acceptors (Lipinski definition) is 3. The van der Waals surface area contributed by atoms with Gasteiger partial charge in [-0.1, -0.05) is 23.2 Å². The largest absolute Gasteiger partial charge is 0.395 e. The second-order valence-corrected chi connectivity index (χ2v) is 4.88. The maximum Gasteiger partial charge on any atom is 0.246 e. The van der Waals surface area contributed by atoms with E-state index in [1.54, 1.807) is 31.4 Å². The van der Waals surface area contributed by atoms with Crippen LogP contribution in [0.25, 0.3) is 6.08 Å². The summed E-state index contributed by atoms with van der Waals surface area (Å²) in [5.74, 6) is -0.216. The molecule has 4 nitrogen and oxygen atoms in total. The number of carbonyl (C=O) groups excluding carboxylic acids is 1. The molecule has 1 aromatic carbocycles. The molecule has 0 bridgehead atoms. The number of rotatable bonds is 7. The maximum absolute atomic E-state index is 12.0. The molecule has 0 saturated carbocycles. The summed E-state index contributed by atoms with van der Waals surface area (Å²) in [5, 5.41) is 10.0. The molecule has 0 atom stereocenters. The van der Waals surface area contributed by atoms with Crippen molar-refractivity contribution in [1.82, 2.24) is 4.90 Å². The monoisotopic (exact) mass is 317 g/mol. The van der Waals surface area contributed by atoms with Gasteiger partial charge in [-0.25, -0.2) is 0 Å². The van der Waals surface area contributed by atoms with Gasteiger partial charge in [0, 0.05) is 36.3 Å². The minimum atomic E-state index is -0.216. The fourth-order valence-corrected chi connectivity index (χ4v) is 1.92. The highest BCUT2D eigenvalue weighted by Crippen LogP contribution is 2.21. The molecular formula is C14H17Cl2NO3. The molecule has 0 fully saturated rings. The van der Waals surface area contributed by atoms with Crippen molar-refractivity contribution >= 4 is 35.2 Å². The molecule has 6 heteroatoms. The lowest BCUT2D eigenvalue weighted by molar-refractivity contribution is -0.127. The standard InChI is InChI=1S/C14H17Cl2NO3/c1-20-9-7-17(6-8-18)14(19)5-2-11-10-12(15)3-4-13(11)16/h2-5,10,18H,6-9H2,1H3/b5-2+. The third-order valence-corrected chi connectivity index (χ3v) is 3.19. The number of carbonyl (C=O) groups is 1. The van der Waals surface area contributed by atoms with Crippen molar-refractivity contribution in [2.45, 2.75) is 0 Å². The van der Waals surface area contributed by atoms with E-state index >= 15 is 0 Å². The van der Waals surface area contributed by atoms with Gasteiger partial charge in [-0.05, 0) is 29.8 Å². The first kappa shape index (κ1) is 17.0. The Morgan fingerprint density at radius 3 is 2.80 bits per heavy atom. The minimum Gasteiger partial charge on any atom is -0.395 e. The minimum absolute atomic E-state index is 0.0960. The van der Waals surface area contributed by atoms with E-state index in [2.05, 4.69) is 0 Å². The molecule has 0 aromatic heterocycles. The molecule has 110 valence electrons. The molecule has 20 heavy (non-hydrogen) atoms. The predicted molar refractivity (Wildman–Crippen MR) is 81.0 cm³/mol. The summed E-state index contributed by atoms with van der Waals surface area (Å²) in [6.45, 7) is 0.998. The number of benzene rings is 1. The van der Waals surface area contributed by atoms with Crippen molar-refractivity contribution in [3.63, 3.8) is 0 Å². The van der Waals surface area contributed by atoms with Crippen LogP contribution in [-0.4, -0.2) is 49.3 Å². The smallest absolute Gasteiger partial charge is 0.246 e. The molecule has 1 aromatic rings. The summed E-state index contributed by atoms with van der Waals surface area (Å²) >= 11 is 11.9. The molecule has 0 aliphatic rings. The topological polar surface area (TPSA) is 49.8 Å². The van der Waals surface area contributed by atoms with Crippen LogP contribution < -0.4 is 0 Å². The van der Waals surface area contributed by atoms with Crippen LogP contribution in [0.4, 0.5) is 0 Å². The Balaban J connectivity index is 2.75. The van der Waals surface area contributed by atoms with E-state index in [0.717, 1.165) is 0 Å². The highest BCUT2D eigenvalue weighted by molar-refractivity contribution is 6.34. The van der Waals surface area contributed by atoms with Crippen molar-refractivity contribution in [1.29, 1.82) is 0 Å². The Bertz CT molecular complexity index is 477. The van der Waals surface area contributed by atoms with Gasteiger partial charge in [0.1, 0.15) is 0 Å². The van der Waals surface area contributed by atoms with E-state index in [1.165, 1.54) is 11.0 Å². The normalized spacial score (nSPS) is 11.0. The number of ether oxygens (including phenoxy) is 1. The quantitative estimate of drug-likeness (QED) is 0.786. The fourth-order valence-electron chi connectivity index (χ4n) is 1.56. The van der Waals surface area contributed by atoms with Crippen molar-refractivity contribution in [3.05, 3.63) is 39.9 Å². The first-order chi connectivity index (χ1) is 9.58. The Morgan fingerprint density at radius 1 is 1.40 bits per heavy atom. The summed E-state index contributed by atoms with van der Waals surface area (Å²) in [7, 11) is 1.56. The van der Waals surface area contributed by atoms with E-state index in [0.29, 0.717) is 28.8 Å². The molecule has 0 saturated heterocycles. The molecular weight excluding hydrogens is 301 g/mol. The first-order valence-electron chi connectivity index (χ1n) is 6.10. The summed E-state index contributed by atoms with van der Waals surface area (Å²) in [6.07, 6.45) is 3.01. The SMILES string of the molecule is COCCN(CCO)C(=O)/C=C/c1cc(Cl)ccc1Cl. The lowest BCUT2D eigenvalue weighted by Crippen LogP contribution is -2.34. The molecule has 0 aliphatic heterocycles. The van der Waals surface area contributed by atoms with Crippen LogP contribution in [0.5, 0.6) is 0 Å².